The fourth-order valence-corrected chi connectivity index (χ4v) is 3.99. The summed E-state index contributed by atoms with van der Waals surface area (Å²) in [7, 11) is 0. The largest absolute Gasteiger partial charge is 0.323 e. The summed E-state index contributed by atoms with van der Waals surface area (Å²) in [4.78, 5) is 49.6. The van der Waals surface area contributed by atoms with Crippen LogP contribution in [0.3, 0.4) is 0 Å². The Kier molecular flexibility index (Phi) is 8.40. The highest BCUT2D eigenvalue weighted by atomic mass is 35.5. The SMILES string of the molecule is C=CC(=O)Nc1cccc(C(=O)Nc2ccc(NC(=O)c3n[nH]cc3NC(=O)c3c(Cl)cccc3Cl)cc2)c1. The lowest BCUT2D eigenvalue weighted by Gasteiger charge is -2.10. The van der Waals surface area contributed by atoms with Gasteiger partial charge in [-0.3, -0.25) is 24.3 Å². The number of benzene rings is 3. The van der Waals surface area contributed by atoms with E-state index in [-0.39, 0.29) is 32.9 Å². The van der Waals surface area contributed by atoms with Gasteiger partial charge < -0.3 is 21.3 Å². The molecule has 4 rings (SSSR count). The third-order valence-electron chi connectivity index (χ3n) is 5.27. The zero-order chi connectivity index (χ0) is 27.9. The number of halogens is 2. The Bertz CT molecular complexity index is 1560. The molecule has 0 aliphatic carbocycles. The summed E-state index contributed by atoms with van der Waals surface area (Å²) in [6, 6.07) is 17.5. The highest BCUT2D eigenvalue weighted by molar-refractivity contribution is 6.40. The molecule has 0 spiro atoms. The van der Waals surface area contributed by atoms with Crippen LogP contribution >= 0.6 is 23.2 Å². The summed E-state index contributed by atoms with van der Waals surface area (Å²) in [5, 5.41) is 17.4. The van der Waals surface area contributed by atoms with Gasteiger partial charge in [0.15, 0.2) is 5.69 Å². The van der Waals surface area contributed by atoms with E-state index in [1.54, 1.807) is 48.5 Å². The van der Waals surface area contributed by atoms with Gasteiger partial charge in [-0.15, -0.1) is 0 Å². The molecule has 10 nitrogen and oxygen atoms in total. The first-order valence-electron chi connectivity index (χ1n) is 11.3. The van der Waals surface area contributed by atoms with Gasteiger partial charge in [0.05, 0.1) is 21.3 Å². The molecule has 4 amide bonds. The van der Waals surface area contributed by atoms with Crippen molar-refractivity contribution in [2.75, 3.05) is 21.3 Å². The molecule has 0 radical (unpaired) electrons. The Morgan fingerprint density at radius 2 is 1.36 bits per heavy atom. The summed E-state index contributed by atoms with van der Waals surface area (Å²) in [5.41, 5.74) is 1.81. The smallest absolute Gasteiger partial charge is 0.278 e. The van der Waals surface area contributed by atoms with Gasteiger partial charge in [0.25, 0.3) is 17.7 Å². The maximum absolute atomic E-state index is 12.8. The van der Waals surface area contributed by atoms with E-state index in [1.807, 2.05) is 0 Å². The molecule has 3 aromatic carbocycles. The molecule has 12 heteroatoms. The lowest BCUT2D eigenvalue weighted by molar-refractivity contribution is -0.111. The molecule has 4 aromatic rings. The Labute approximate surface area is 232 Å². The van der Waals surface area contributed by atoms with Crippen molar-refractivity contribution in [1.82, 2.24) is 10.2 Å². The van der Waals surface area contributed by atoms with Gasteiger partial charge in [-0.25, -0.2) is 0 Å². The van der Waals surface area contributed by atoms with Gasteiger partial charge in [0, 0.05) is 28.8 Å². The molecule has 0 aliphatic heterocycles. The molecule has 5 N–H and O–H groups in total. The van der Waals surface area contributed by atoms with Crippen molar-refractivity contribution < 1.29 is 19.2 Å². The molecule has 0 saturated carbocycles. The van der Waals surface area contributed by atoms with Gasteiger partial charge in [-0.1, -0.05) is 41.9 Å². The van der Waals surface area contributed by atoms with E-state index in [0.717, 1.165) is 6.08 Å². The van der Waals surface area contributed by atoms with Gasteiger partial charge in [-0.2, -0.15) is 5.10 Å². The van der Waals surface area contributed by atoms with Crippen molar-refractivity contribution >= 4 is 69.6 Å². The van der Waals surface area contributed by atoms with E-state index in [4.69, 9.17) is 23.2 Å². The first-order valence-corrected chi connectivity index (χ1v) is 12.1. The number of aromatic amines is 1. The molecule has 0 unspecified atom stereocenters. The summed E-state index contributed by atoms with van der Waals surface area (Å²) in [5.74, 6) is -1.97. The standard InChI is InChI=1S/C27H20Cl2N6O4/c1-2-22(36)31-18-6-3-5-15(13-18)25(37)32-16-9-11-17(12-10-16)33-27(39)24-21(14-30-35-24)34-26(38)23-19(28)7-4-8-20(23)29/h2-14H,1H2,(H,30,35)(H,31,36)(H,32,37)(H,33,39)(H,34,38). The monoisotopic (exact) mass is 562 g/mol. The van der Waals surface area contributed by atoms with Crippen LogP contribution in [0.5, 0.6) is 0 Å². The second kappa shape index (κ2) is 12.1. The van der Waals surface area contributed by atoms with Crippen LogP contribution in [-0.4, -0.2) is 33.8 Å². The Morgan fingerprint density at radius 3 is 2.00 bits per heavy atom. The summed E-state index contributed by atoms with van der Waals surface area (Å²) in [6.07, 6.45) is 2.49. The van der Waals surface area contributed by atoms with Crippen LogP contribution in [0.15, 0.2) is 85.6 Å². The minimum atomic E-state index is -0.602. The maximum atomic E-state index is 12.8. The predicted octanol–water partition coefficient (Wildman–Crippen LogP) is 5.60. The molecule has 196 valence electrons. The number of aromatic nitrogens is 2. The number of H-pyrrole nitrogens is 1. The van der Waals surface area contributed by atoms with Crippen LogP contribution in [0.4, 0.5) is 22.7 Å². The molecule has 0 bridgehead atoms. The van der Waals surface area contributed by atoms with Gasteiger partial charge in [-0.05, 0) is 60.7 Å². The van der Waals surface area contributed by atoms with E-state index in [1.165, 1.54) is 24.4 Å². The van der Waals surface area contributed by atoms with E-state index < -0.39 is 17.7 Å². The third-order valence-corrected chi connectivity index (χ3v) is 5.90. The van der Waals surface area contributed by atoms with Crippen LogP contribution in [0.25, 0.3) is 0 Å². The van der Waals surface area contributed by atoms with Crippen molar-refractivity contribution in [3.63, 3.8) is 0 Å². The molecule has 39 heavy (non-hydrogen) atoms. The van der Waals surface area contributed by atoms with E-state index in [0.29, 0.717) is 22.6 Å². The third kappa shape index (κ3) is 6.69. The average molecular weight is 563 g/mol. The predicted molar refractivity (Wildman–Crippen MR) is 151 cm³/mol. The van der Waals surface area contributed by atoms with Crippen molar-refractivity contribution in [2.45, 2.75) is 0 Å². The zero-order valence-corrected chi connectivity index (χ0v) is 21.6. The normalized spacial score (nSPS) is 10.3. The Hall–Kier alpha value is -4.93. The summed E-state index contributed by atoms with van der Waals surface area (Å²) in [6.45, 7) is 3.39. The van der Waals surface area contributed by atoms with Crippen molar-refractivity contribution in [1.29, 1.82) is 0 Å². The maximum Gasteiger partial charge on any atom is 0.278 e. The number of anilines is 4. The summed E-state index contributed by atoms with van der Waals surface area (Å²) < 4.78 is 0. The van der Waals surface area contributed by atoms with E-state index >= 15 is 0 Å². The lowest BCUT2D eigenvalue weighted by atomic mass is 10.1. The molecule has 0 atom stereocenters. The Balaban J connectivity index is 1.39. The van der Waals surface area contributed by atoms with Crippen LogP contribution < -0.4 is 21.3 Å². The van der Waals surface area contributed by atoms with Crippen LogP contribution in [-0.2, 0) is 4.79 Å². The second-order valence-electron chi connectivity index (χ2n) is 7.96. The molecule has 1 heterocycles. The number of nitrogens with one attached hydrogen (secondary N) is 5. The first-order chi connectivity index (χ1) is 18.7. The van der Waals surface area contributed by atoms with Crippen molar-refractivity contribution in [2.24, 2.45) is 0 Å². The highest BCUT2D eigenvalue weighted by Crippen LogP contribution is 2.26. The minimum Gasteiger partial charge on any atom is -0.323 e. The van der Waals surface area contributed by atoms with Crippen LogP contribution in [0.2, 0.25) is 10.0 Å². The van der Waals surface area contributed by atoms with Gasteiger partial charge in [0.1, 0.15) is 0 Å². The minimum absolute atomic E-state index is 0.0627. The topological polar surface area (TPSA) is 145 Å². The number of hydrogen-bond acceptors (Lipinski definition) is 5. The molecule has 0 saturated heterocycles. The Morgan fingerprint density at radius 1 is 0.744 bits per heavy atom. The highest BCUT2D eigenvalue weighted by Gasteiger charge is 2.20. The number of rotatable bonds is 8. The number of hydrogen-bond donors (Lipinski definition) is 5. The molecule has 1 aromatic heterocycles. The lowest BCUT2D eigenvalue weighted by Crippen LogP contribution is -2.18. The molecule has 0 aliphatic rings. The van der Waals surface area contributed by atoms with Crippen LogP contribution in [0.1, 0.15) is 31.2 Å². The number of amides is 4. The molecular weight excluding hydrogens is 543 g/mol. The fourth-order valence-electron chi connectivity index (χ4n) is 3.42. The van der Waals surface area contributed by atoms with Gasteiger partial charge >= 0.3 is 0 Å². The zero-order valence-electron chi connectivity index (χ0n) is 20.0. The van der Waals surface area contributed by atoms with Crippen molar-refractivity contribution in [3.8, 4) is 0 Å². The molecule has 0 fully saturated rings. The van der Waals surface area contributed by atoms with Gasteiger partial charge in [0.2, 0.25) is 5.91 Å². The summed E-state index contributed by atoms with van der Waals surface area (Å²) >= 11 is 12.2. The van der Waals surface area contributed by atoms with E-state index in [2.05, 4.69) is 38.0 Å². The molecular formula is C27H20Cl2N6O4. The number of nitrogens with zero attached hydrogens (tertiary/aromatic N) is 1. The fraction of sp³-hybridized carbons (Fsp3) is 0. The average Bonchev–Trinajstić information content (AvgIpc) is 3.38. The number of carbonyl (C=O) groups excluding carboxylic acids is 4. The first kappa shape index (κ1) is 27.1. The van der Waals surface area contributed by atoms with E-state index in [9.17, 15) is 19.2 Å². The second-order valence-corrected chi connectivity index (χ2v) is 8.77. The van der Waals surface area contributed by atoms with Crippen LogP contribution in [0, 0.1) is 0 Å². The van der Waals surface area contributed by atoms with Crippen molar-refractivity contribution in [3.05, 3.63) is 112 Å². The number of carbonyl (C=O) groups is 4. The quantitative estimate of drug-likeness (QED) is 0.177.